The first-order chi connectivity index (χ1) is 19.9. The summed E-state index contributed by atoms with van der Waals surface area (Å²) in [4.78, 5) is 25.0. The Kier molecular flexibility index (Phi) is 8.91. The van der Waals surface area contributed by atoms with E-state index in [1.54, 1.807) is 0 Å². The maximum Gasteiger partial charge on any atom is 0.239 e. The number of rotatable bonds is 12. The molecule has 218 valence electrons. The van der Waals surface area contributed by atoms with Gasteiger partial charge in [0.05, 0.1) is 24.9 Å². The minimum Gasteiger partial charge on any atom is -0.493 e. The van der Waals surface area contributed by atoms with Gasteiger partial charge in [0.15, 0.2) is 11.6 Å². The van der Waals surface area contributed by atoms with Crippen LogP contribution in [0.2, 0.25) is 0 Å². The predicted molar refractivity (Wildman–Crippen MR) is 149 cm³/mol. The number of aliphatic hydroxyl groups is 1. The van der Waals surface area contributed by atoms with Gasteiger partial charge in [0.1, 0.15) is 35.9 Å². The number of hydrogen-bond donors (Lipinski definition) is 4. The molecule has 0 spiro atoms. The van der Waals surface area contributed by atoms with E-state index in [4.69, 9.17) is 15.6 Å². The number of halogens is 2. The van der Waals surface area contributed by atoms with Crippen molar-refractivity contribution in [3.8, 4) is 5.75 Å². The zero-order valence-electron chi connectivity index (χ0n) is 22.5. The van der Waals surface area contributed by atoms with Crippen LogP contribution in [0.1, 0.15) is 6.42 Å². The highest BCUT2D eigenvalue weighted by molar-refractivity contribution is 5.90. The Hall–Kier alpha value is -4.27. The Labute approximate surface area is 235 Å². The average Bonchev–Trinajstić information content (AvgIpc) is 3.34. The Bertz CT molecular complexity index is 1400. The number of nitrogens with zero attached hydrogens (tertiary/aromatic N) is 6. The molecule has 0 unspecified atom stereocenters. The second-order valence-electron chi connectivity index (χ2n) is 9.74. The van der Waals surface area contributed by atoms with Crippen LogP contribution >= 0.6 is 0 Å². The lowest BCUT2D eigenvalue weighted by molar-refractivity contribution is -0.118. The van der Waals surface area contributed by atoms with Crippen LogP contribution in [0.25, 0.3) is 10.9 Å². The van der Waals surface area contributed by atoms with Crippen LogP contribution in [0.15, 0.2) is 54.7 Å². The maximum absolute atomic E-state index is 14.5. The average molecular weight is 570 g/mol. The van der Waals surface area contributed by atoms with Crippen molar-refractivity contribution < 1.29 is 23.4 Å². The molecule has 0 atom stereocenters. The van der Waals surface area contributed by atoms with Crippen molar-refractivity contribution in [3.05, 3.63) is 66.4 Å². The number of carbonyl (C=O) groups excluding carboxylic acids is 1. The highest BCUT2D eigenvalue weighted by Gasteiger charge is 2.27. The number of aliphatic hydroxyl groups excluding tert-OH is 1. The van der Waals surface area contributed by atoms with Crippen LogP contribution in [0.5, 0.6) is 5.75 Å². The molecule has 0 radical (unpaired) electrons. The van der Waals surface area contributed by atoms with Gasteiger partial charge >= 0.3 is 0 Å². The van der Waals surface area contributed by atoms with Gasteiger partial charge < -0.3 is 25.8 Å². The topological polar surface area (TPSA) is 135 Å². The summed E-state index contributed by atoms with van der Waals surface area (Å²) in [6.07, 6.45) is 3.80. The molecule has 1 aromatic heterocycles. The van der Waals surface area contributed by atoms with E-state index in [9.17, 15) is 13.6 Å². The normalized spacial score (nSPS) is 16.1. The van der Waals surface area contributed by atoms with Crippen molar-refractivity contribution in [2.75, 3.05) is 69.5 Å². The van der Waals surface area contributed by atoms with Crippen LogP contribution in [-0.2, 0) is 4.79 Å². The SMILES string of the molecule is NC(=O)CN1C=C(Nc2ncnc3cc(OCCCN4CCN(CCO)CC4)ccc23)NN1c1cccc(F)c1F. The molecule has 0 aliphatic carbocycles. The number of piperazine rings is 1. The number of hydrazine groups is 2. The third-order valence-electron chi connectivity index (χ3n) is 6.87. The summed E-state index contributed by atoms with van der Waals surface area (Å²) in [5, 5.41) is 15.4. The van der Waals surface area contributed by atoms with Crippen molar-refractivity contribution in [3.63, 3.8) is 0 Å². The van der Waals surface area contributed by atoms with E-state index < -0.39 is 17.5 Å². The lowest BCUT2D eigenvalue weighted by Crippen LogP contribution is -2.47. The molecular formula is C27H33F2N9O3. The quantitative estimate of drug-likeness (QED) is 0.235. The lowest BCUT2D eigenvalue weighted by Gasteiger charge is -2.34. The van der Waals surface area contributed by atoms with E-state index in [0.29, 0.717) is 34.9 Å². The highest BCUT2D eigenvalue weighted by atomic mass is 19.2. The van der Waals surface area contributed by atoms with E-state index in [0.717, 1.165) is 51.8 Å². The number of nitrogens with one attached hydrogen (secondary N) is 2. The fraction of sp³-hybridized carbons (Fsp3) is 0.370. The van der Waals surface area contributed by atoms with Crippen LogP contribution in [-0.4, -0.2) is 94.8 Å². The molecule has 5 rings (SSSR count). The summed E-state index contributed by atoms with van der Waals surface area (Å²) in [6.45, 7) is 6.08. The molecule has 1 saturated heterocycles. The van der Waals surface area contributed by atoms with Gasteiger partial charge in [-0.3, -0.25) is 20.1 Å². The fourth-order valence-corrected chi connectivity index (χ4v) is 4.81. The first kappa shape index (κ1) is 28.3. The third-order valence-corrected chi connectivity index (χ3v) is 6.87. The molecule has 14 heteroatoms. The predicted octanol–water partition coefficient (Wildman–Crippen LogP) is 1.22. The highest BCUT2D eigenvalue weighted by Crippen LogP contribution is 2.28. The second-order valence-corrected chi connectivity index (χ2v) is 9.74. The lowest BCUT2D eigenvalue weighted by atomic mass is 10.2. The molecular weight excluding hydrogens is 536 g/mol. The minimum absolute atomic E-state index is 0.127. The summed E-state index contributed by atoms with van der Waals surface area (Å²) in [5.74, 6) is -1.26. The Morgan fingerprint density at radius 1 is 1.10 bits per heavy atom. The zero-order valence-corrected chi connectivity index (χ0v) is 22.5. The number of carbonyl (C=O) groups is 1. The minimum atomic E-state index is -1.08. The smallest absolute Gasteiger partial charge is 0.239 e. The molecule has 1 fully saturated rings. The van der Waals surface area contributed by atoms with Gasteiger partial charge in [-0.2, -0.15) is 5.12 Å². The number of ether oxygens (including phenoxy) is 1. The molecule has 3 aromatic rings. The maximum atomic E-state index is 14.5. The number of primary amides is 1. The summed E-state index contributed by atoms with van der Waals surface area (Å²) in [7, 11) is 0. The molecule has 5 N–H and O–H groups in total. The molecule has 12 nitrogen and oxygen atoms in total. The van der Waals surface area contributed by atoms with Crippen LogP contribution in [0, 0.1) is 11.6 Å². The number of anilines is 2. The summed E-state index contributed by atoms with van der Waals surface area (Å²) >= 11 is 0. The second kappa shape index (κ2) is 12.9. The summed E-state index contributed by atoms with van der Waals surface area (Å²) in [5.41, 5.74) is 8.81. The first-order valence-corrected chi connectivity index (χ1v) is 13.4. The molecule has 41 heavy (non-hydrogen) atoms. The number of aromatic nitrogens is 2. The number of nitrogens with two attached hydrogens (primary N) is 1. The van der Waals surface area contributed by atoms with Gasteiger partial charge in [-0.25, -0.2) is 18.7 Å². The van der Waals surface area contributed by atoms with E-state index in [1.807, 2.05) is 18.2 Å². The van der Waals surface area contributed by atoms with E-state index >= 15 is 0 Å². The number of benzene rings is 2. The molecule has 2 aliphatic rings. The zero-order chi connectivity index (χ0) is 28.8. The van der Waals surface area contributed by atoms with Crippen molar-refractivity contribution in [1.29, 1.82) is 0 Å². The van der Waals surface area contributed by atoms with Gasteiger partial charge in [0.2, 0.25) is 5.91 Å². The fourth-order valence-electron chi connectivity index (χ4n) is 4.81. The monoisotopic (exact) mass is 569 g/mol. The van der Waals surface area contributed by atoms with Gasteiger partial charge in [-0.05, 0) is 30.7 Å². The molecule has 2 aliphatic heterocycles. The number of fused-ring (bicyclic) bond motifs is 1. The van der Waals surface area contributed by atoms with Crippen molar-refractivity contribution in [2.45, 2.75) is 6.42 Å². The van der Waals surface area contributed by atoms with E-state index in [-0.39, 0.29) is 18.8 Å². The van der Waals surface area contributed by atoms with E-state index in [2.05, 4.69) is 30.5 Å². The van der Waals surface area contributed by atoms with Crippen molar-refractivity contribution >= 4 is 28.3 Å². The molecule has 0 saturated carbocycles. The largest absolute Gasteiger partial charge is 0.493 e. The molecule has 1 amide bonds. The van der Waals surface area contributed by atoms with Crippen LogP contribution < -0.4 is 26.3 Å². The van der Waals surface area contributed by atoms with Gasteiger partial charge in [-0.15, -0.1) is 0 Å². The molecule has 2 aromatic carbocycles. The van der Waals surface area contributed by atoms with Crippen molar-refractivity contribution in [2.24, 2.45) is 5.73 Å². The Morgan fingerprint density at radius 3 is 2.63 bits per heavy atom. The Balaban J connectivity index is 1.20. The van der Waals surface area contributed by atoms with E-state index in [1.165, 1.54) is 34.8 Å². The van der Waals surface area contributed by atoms with Gasteiger partial charge in [0.25, 0.3) is 0 Å². The number of amides is 1. The summed E-state index contributed by atoms with van der Waals surface area (Å²) in [6, 6.07) is 9.26. The summed E-state index contributed by atoms with van der Waals surface area (Å²) < 4.78 is 34.4. The third kappa shape index (κ3) is 6.90. The number of hydrogen-bond acceptors (Lipinski definition) is 11. The van der Waals surface area contributed by atoms with Crippen LogP contribution in [0.3, 0.4) is 0 Å². The number of β-amino-alcohol motifs (C(OH)–C–C–N with tert-alkyl or cyclic N) is 1. The molecule has 3 heterocycles. The molecule has 0 bridgehead atoms. The van der Waals surface area contributed by atoms with Crippen molar-refractivity contribution in [1.82, 2.24) is 30.2 Å². The first-order valence-electron chi connectivity index (χ1n) is 13.4. The van der Waals surface area contributed by atoms with Gasteiger partial charge in [-0.1, -0.05) is 6.07 Å². The standard InChI is InChI=1S/C27H33F2N9O3/c28-21-3-1-4-23(26(21)29)38-34-25(17-37(38)16-24(30)40)33-27-20-6-5-19(15-22(20)31-18-32-27)41-14-2-7-35-8-10-36(11-9-35)12-13-39/h1,3-6,15,17-18,34,39H,2,7-14,16H2,(H2,30,40)(H,31,32,33). The Morgan fingerprint density at radius 2 is 1.88 bits per heavy atom. The van der Waals surface area contributed by atoms with Crippen LogP contribution in [0.4, 0.5) is 20.3 Å². The van der Waals surface area contributed by atoms with Gasteiger partial charge in [0, 0.05) is 50.7 Å².